The normalized spacial score (nSPS) is 22.2. The van der Waals surface area contributed by atoms with E-state index >= 15 is 0 Å². The molecule has 12 heavy (non-hydrogen) atoms. The van der Waals surface area contributed by atoms with Crippen LogP contribution in [0.3, 0.4) is 0 Å². The fourth-order valence-electron chi connectivity index (χ4n) is 1.98. The van der Waals surface area contributed by atoms with Crippen LogP contribution in [0.4, 0.5) is 0 Å². The summed E-state index contributed by atoms with van der Waals surface area (Å²) in [5, 5.41) is 3.64. The molecule has 0 spiro atoms. The molecule has 0 aromatic heterocycles. The van der Waals surface area contributed by atoms with E-state index < -0.39 is 0 Å². The van der Waals surface area contributed by atoms with Gasteiger partial charge in [0.05, 0.1) is 0 Å². The third kappa shape index (κ3) is 2.78. The van der Waals surface area contributed by atoms with Gasteiger partial charge in [0, 0.05) is 6.04 Å². The Kier molecular flexibility index (Phi) is 4.07. The molecule has 0 heterocycles. The lowest BCUT2D eigenvalue weighted by Gasteiger charge is -2.23. The van der Waals surface area contributed by atoms with E-state index in [-0.39, 0.29) is 0 Å². The van der Waals surface area contributed by atoms with Crippen molar-refractivity contribution in [3.05, 3.63) is 0 Å². The topological polar surface area (TPSA) is 12.0 Å². The summed E-state index contributed by atoms with van der Waals surface area (Å²) in [6, 6.07) is 0.775. The second-order valence-corrected chi connectivity index (χ2v) is 4.17. The van der Waals surface area contributed by atoms with Crippen LogP contribution < -0.4 is 5.32 Å². The SMILES string of the molecule is CCCNC(CC)C(C)C1CC1. The molecule has 0 aliphatic heterocycles. The van der Waals surface area contributed by atoms with E-state index in [1.165, 1.54) is 32.2 Å². The Morgan fingerprint density at radius 1 is 1.33 bits per heavy atom. The molecule has 1 aliphatic rings. The standard InChI is InChI=1S/C11H23N/c1-4-8-12-11(5-2)9(3)10-6-7-10/h9-12H,4-8H2,1-3H3. The summed E-state index contributed by atoms with van der Waals surface area (Å²) in [5.74, 6) is 1.95. The van der Waals surface area contributed by atoms with Crippen molar-refractivity contribution < 1.29 is 0 Å². The van der Waals surface area contributed by atoms with Gasteiger partial charge in [0.1, 0.15) is 0 Å². The highest BCUT2D eigenvalue weighted by atomic mass is 14.9. The van der Waals surface area contributed by atoms with Gasteiger partial charge in [0.25, 0.3) is 0 Å². The Morgan fingerprint density at radius 3 is 2.42 bits per heavy atom. The molecular weight excluding hydrogens is 146 g/mol. The maximum atomic E-state index is 3.64. The lowest BCUT2D eigenvalue weighted by atomic mass is 9.94. The van der Waals surface area contributed by atoms with Gasteiger partial charge in [0.15, 0.2) is 0 Å². The smallest absolute Gasteiger partial charge is 0.00927 e. The quantitative estimate of drug-likeness (QED) is 0.644. The minimum atomic E-state index is 0.775. The van der Waals surface area contributed by atoms with Gasteiger partial charge in [-0.15, -0.1) is 0 Å². The van der Waals surface area contributed by atoms with Crippen molar-refractivity contribution in [2.24, 2.45) is 11.8 Å². The highest BCUT2D eigenvalue weighted by Crippen LogP contribution is 2.38. The second kappa shape index (κ2) is 4.86. The molecular formula is C11H23N. The Bertz CT molecular complexity index is 118. The van der Waals surface area contributed by atoms with E-state index in [2.05, 4.69) is 26.1 Å². The fourth-order valence-corrected chi connectivity index (χ4v) is 1.98. The van der Waals surface area contributed by atoms with E-state index in [1.54, 1.807) is 0 Å². The molecule has 1 fully saturated rings. The number of rotatable bonds is 6. The van der Waals surface area contributed by atoms with Crippen LogP contribution in [0.5, 0.6) is 0 Å². The van der Waals surface area contributed by atoms with Crippen LogP contribution in [0.1, 0.15) is 46.5 Å². The van der Waals surface area contributed by atoms with E-state index in [9.17, 15) is 0 Å². The van der Waals surface area contributed by atoms with Gasteiger partial charge < -0.3 is 5.32 Å². The van der Waals surface area contributed by atoms with Gasteiger partial charge in [-0.1, -0.05) is 20.8 Å². The second-order valence-electron chi connectivity index (χ2n) is 4.17. The fraction of sp³-hybridized carbons (Fsp3) is 1.00. The third-order valence-electron chi connectivity index (χ3n) is 3.10. The minimum absolute atomic E-state index is 0.775. The van der Waals surface area contributed by atoms with Gasteiger partial charge in [-0.05, 0) is 44.1 Å². The van der Waals surface area contributed by atoms with Crippen molar-refractivity contribution >= 4 is 0 Å². The summed E-state index contributed by atoms with van der Waals surface area (Å²) in [6.45, 7) is 8.14. The summed E-state index contributed by atoms with van der Waals surface area (Å²) in [4.78, 5) is 0. The predicted molar refractivity (Wildman–Crippen MR) is 54.3 cm³/mol. The van der Waals surface area contributed by atoms with Crippen LogP contribution in [-0.2, 0) is 0 Å². The summed E-state index contributed by atoms with van der Waals surface area (Å²) < 4.78 is 0. The zero-order chi connectivity index (χ0) is 8.97. The molecule has 1 nitrogen and oxygen atoms in total. The van der Waals surface area contributed by atoms with Gasteiger partial charge in [-0.25, -0.2) is 0 Å². The first-order valence-electron chi connectivity index (χ1n) is 5.53. The zero-order valence-corrected chi connectivity index (χ0v) is 8.77. The third-order valence-corrected chi connectivity index (χ3v) is 3.10. The molecule has 1 aliphatic carbocycles. The van der Waals surface area contributed by atoms with Crippen molar-refractivity contribution in [2.45, 2.75) is 52.5 Å². The molecule has 2 unspecified atom stereocenters. The lowest BCUT2D eigenvalue weighted by molar-refractivity contribution is 0.334. The highest BCUT2D eigenvalue weighted by Gasteiger charge is 2.31. The van der Waals surface area contributed by atoms with Gasteiger partial charge in [-0.3, -0.25) is 0 Å². The molecule has 1 rings (SSSR count). The molecule has 0 aromatic rings. The van der Waals surface area contributed by atoms with E-state index in [0.717, 1.165) is 17.9 Å². The highest BCUT2D eigenvalue weighted by molar-refractivity contribution is 4.85. The Hall–Kier alpha value is -0.0400. The molecule has 0 amide bonds. The maximum absolute atomic E-state index is 3.64. The Balaban J connectivity index is 2.22. The molecule has 1 heteroatoms. The molecule has 0 saturated heterocycles. The van der Waals surface area contributed by atoms with Crippen molar-refractivity contribution in [2.75, 3.05) is 6.54 Å². The minimum Gasteiger partial charge on any atom is -0.314 e. The van der Waals surface area contributed by atoms with Gasteiger partial charge >= 0.3 is 0 Å². The van der Waals surface area contributed by atoms with Crippen molar-refractivity contribution in [1.29, 1.82) is 0 Å². The van der Waals surface area contributed by atoms with Crippen LogP contribution in [0.2, 0.25) is 0 Å². The molecule has 1 saturated carbocycles. The predicted octanol–water partition coefficient (Wildman–Crippen LogP) is 2.81. The van der Waals surface area contributed by atoms with Gasteiger partial charge in [-0.2, -0.15) is 0 Å². The summed E-state index contributed by atoms with van der Waals surface area (Å²) in [5.41, 5.74) is 0. The molecule has 0 radical (unpaired) electrons. The molecule has 2 atom stereocenters. The van der Waals surface area contributed by atoms with Crippen LogP contribution >= 0.6 is 0 Å². The average Bonchev–Trinajstić information content (AvgIpc) is 2.88. The largest absolute Gasteiger partial charge is 0.314 e. The summed E-state index contributed by atoms with van der Waals surface area (Å²) in [7, 11) is 0. The van der Waals surface area contributed by atoms with E-state index in [1.807, 2.05) is 0 Å². The first-order valence-corrected chi connectivity index (χ1v) is 5.53. The first kappa shape index (κ1) is 10.0. The molecule has 72 valence electrons. The molecule has 0 aromatic carbocycles. The van der Waals surface area contributed by atoms with Crippen LogP contribution in [0.25, 0.3) is 0 Å². The molecule has 0 bridgehead atoms. The van der Waals surface area contributed by atoms with E-state index in [0.29, 0.717) is 0 Å². The van der Waals surface area contributed by atoms with Gasteiger partial charge in [0.2, 0.25) is 0 Å². The van der Waals surface area contributed by atoms with Crippen LogP contribution in [0.15, 0.2) is 0 Å². The summed E-state index contributed by atoms with van der Waals surface area (Å²) >= 11 is 0. The van der Waals surface area contributed by atoms with Crippen molar-refractivity contribution in [3.8, 4) is 0 Å². The lowest BCUT2D eigenvalue weighted by Crippen LogP contribution is -2.35. The maximum Gasteiger partial charge on any atom is 0.00927 e. The molecule has 1 N–H and O–H groups in total. The Labute approximate surface area is 76.9 Å². The number of hydrogen-bond donors (Lipinski definition) is 1. The van der Waals surface area contributed by atoms with Crippen molar-refractivity contribution in [3.63, 3.8) is 0 Å². The van der Waals surface area contributed by atoms with Crippen LogP contribution in [-0.4, -0.2) is 12.6 Å². The Morgan fingerprint density at radius 2 is 2.00 bits per heavy atom. The first-order chi connectivity index (χ1) is 5.79. The average molecular weight is 169 g/mol. The number of hydrogen-bond acceptors (Lipinski definition) is 1. The van der Waals surface area contributed by atoms with E-state index in [4.69, 9.17) is 0 Å². The zero-order valence-electron chi connectivity index (χ0n) is 8.77. The monoisotopic (exact) mass is 169 g/mol. The van der Waals surface area contributed by atoms with Crippen LogP contribution in [0, 0.1) is 11.8 Å². The number of nitrogens with one attached hydrogen (secondary N) is 1. The summed E-state index contributed by atoms with van der Waals surface area (Å²) in [6.07, 6.45) is 5.50. The van der Waals surface area contributed by atoms with Crippen molar-refractivity contribution in [1.82, 2.24) is 5.32 Å².